The largest absolute Gasteiger partial charge is 0.385 e. The van der Waals surface area contributed by atoms with Crippen LogP contribution < -0.4 is 5.73 Å². The fourth-order valence-electron chi connectivity index (χ4n) is 3.07. The van der Waals surface area contributed by atoms with E-state index < -0.39 is 11.5 Å². The number of β-amino-alcohol motifs (C(OH)–C–C–N with tert-alkyl or cyclic N) is 1. The Kier molecular flexibility index (Phi) is 5.77. The van der Waals surface area contributed by atoms with Crippen LogP contribution in [-0.2, 0) is 14.3 Å². The van der Waals surface area contributed by atoms with Gasteiger partial charge in [0, 0.05) is 6.54 Å². The van der Waals surface area contributed by atoms with E-state index >= 15 is 0 Å². The lowest BCUT2D eigenvalue weighted by Gasteiger charge is -2.33. The van der Waals surface area contributed by atoms with E-state index in [0.717, 1.165) is 31.8 Å². The van der Waals surface area contributed by atoms with Crippen molar-refractivity contribution in [1.29, 1.82) is 0 Å². The van der Waals surface area contributed by atoms with Gasteiger partial charge in [0.1, 0.15) is 5.60 Å². The molecule has 0 aromatic carbocycles. The maximum absolute atomic E-state index is 12.5. The number of ether oxygens (including phenoxy) is 1. The lowest BCUT2D eigenvalue weighted by molar-refractivity contribution is -0.138. The van der Waals surface area contributed by atoms with Crippen LogP contribution in [0.15, 0.2) is 0 Å². The zero-order chi connectivity index (χ0) is 16.2. The predicted molar refractivity (Wildman–Crippen MR) is 81.0 cm³/mol. The molecule has 0 aliphatic carbocycles. The van der Waals surface area contributed by atoms with Crippen molar-refractivity contribution in [3.8, 4) is 0 Å². The van der Waals surface area contributed by atoms with Crippen LogP contribution >= 0.6 is 0 Å². The predicted octanol–water partition coefficient (Wildman–Crippen LogP) is -0.816. The monoisotopic (exact) mass is 313 g/mol. The van der Waals surface area contributed by atoms with Gasteiger partial charge in [-0.25, -0.2) is 0 Å². The van der Waals surface area contributed by atoms with E-state index in [4.69, 9.17) is 10.5 Å². The van der Waals surface area contributed by atoms with E-state index in [0.29, 0.717) is 19.7 Å². The number of hydrogen-bond donors (Lipinski definition) is 2. The second-order valence-corrected chi connectivity index (χ2v) is 6.69. The molecule has 0 spiro atoms. The Balaban J connectivity index is 1.91. The highest BCUT2D eigenvalue weighted by Gasteiger charge is 2.36. The normalized spacial score (nSPS) is 28.4. The molecule has 126 valence electrons. The van der Waals surface area contributed by atoms with E-state index in [1.165, 1.54) is 0 Å². The van der Waals surface area contributed by atoms with Crippen LogP contribution in [0.1, 0.15) is 26.2 Å². The summed E-state index contributed by atoms with van der Waals surface area (Å²) in [5.74, 6) is 0.104. The molecule has 1 atom stereocenters. The average molecular weight is 313 g/mol. The maximum Gasteiger partial charge on any atom is 0.236 e. The summed E-state index contributed by atoms with van der Waals surface area (Å²) in [6, 6.07) is 0. The highest BCUT2D eigenvalue weighted by Crippen LogP contribution is 2.18. The molecule has 0 unspecified atom stereocenters. The maximum atomic E-state index is 12.5. The number of aliphatic hydroxyl groups is 1. The highest BCUT2D eigenvalue weighted by atomic mass is 16.5. The van der Waals surface area contributed by atoms with Crippen molar-refractivity contribution in [2.75, 3.05) is 45.9 Å². The quantitative estimate of drug-likeness (QED) is 0.707. The Morgan fingerprint density at radius 1 is 1.32 bits per heavy atom. The molecule has 7 heteroatoms. The van der Waals surface area contributed by atoms with Crippen molar-refractivity contribution < 1.29 is 19.4 Å². The van der Waals surface area contributed by atoms with Crippen molar-refractivity contribution in [2.24, 2.45) is 11.7 Å². The first-order chi connectivity index (χ1) is 10.4. The Morgan fingerprint density at radius 2 is 2.00 bits per heavy atom. The number of carbonyl (C=O) groups excluding carboxylic acids is 2. The van der Waals surface area contributed by atoms with Gasteiger partial charge in [0.05, 0.1) is 32.7 Å². The van der Waals surface area contributed by atoms with Crippen molar-refractivity contribution in [2.45, 2.75) is 31.8 Å². The van der Waals surface area contributed by atoms with Crippen LogP contribution in [-0.4, -0.2) is 78.3 Å². The zero-order valence-corrected chi connectivity index (χ0v) is 13.3. The minimum Gasteiger partial charge on any atom is -0.385 e. The van der Waals surface area contributed by atoms with Gasteiger partial charge in [-0.1, -0.05) is 6.92 Å². The van der Waals surface area contributed by atoms with E-state index in [9.17, 15) is 14.7 Å². The molecule has 2 saturated heterocycles. The Labute approximate surface area is 131 Å². The molecule has 3 N–H and O–H groups in total. The number of hydrogen-bond acceptors (Lipinski definition) is 5. The minimum absolute atomic E-state index is 0.0250. The number of piperidine rings is 1. The van der Waals surface area contributed by atoms with Gasteiger partial charge >= 0.3 is 0 Å². The molecule has 0 saturated carbocycles. The number of likely N-dealkylation sites (tertiary alicyclic amines) is 1. The van der Waals surface area contributed by atoms with Crippen LogP contribution in [0.3, 0.4) is 0 Å². The smallest absolute Gasteiger partial charge is 0.236 e. The Bertz CT molecular complexity index is 410. The Morgan fingerprint density at radius 3 is 2.64 bits per heavy atom. The van der Waals surface area contributed by atoms with E-state index in [1.54, 1.807) is 4.90 Å². The molecule has 2 aliphatic heterocycles. The van der Waals surface area contributed by atoms with Gasteiger partial charge in [-0.3, -0.25) is 14.5 Å². The summed E-state index contributed by atoms with van der Waals surface area (Å²) < 4.78 is 5.33. The van der Waals surface area contributed by atoms with Crippen LogP contribution in [0.2, 0.25) is 0 Å². The topological polar surface area (TPSA) is 96.1 Å². The van der Waals surface area contributed by atoms with Gasteiger partial charge in [-0.15, -0.1) is 0 Å². The molecule has 0 aromatic rings. The third-order valence-electron chi connectivity index (χ3n) is 4.45. The van der Waals surface area contributed by atoms with E-state index in [-0.39, 0.29) is 25.5 Å². The second-order valence-electron chi connectivity index (χ2n) is 6.69. The number of carbonyl (C=O) groups is 2. The van der Waals surface area contributed by atoms with Gasteiger partial charge < -0.3 is 20.5 Å². The van der Waals surface area contributed by atoms with Gasteiger partial charge in [0.2, 0.25) is 11.8 Å². The summed E-state index contributed by atoms with van der Waals surface area (Å²) in [6.07, 6.45) is 2.03. The van der Waals surface area contributed by atoms with E-state index in [2.05, 4.69) is 11.8 Å². The van der Waals surface area contributed by atoms with Crippen LogP contribution in [0.4, 0.5) is 0 Å². The number of rotatable bonds is 4. The lowest BCUT2D eigenvalue weighted by atomic mass is 9.99. The van der Waals surface area contributed by atoms with Crippen molar-refractivity contribution in [3.05, 3.63) is 0 Å². The summed E-state index contributed by atoms with van der Waals surface area (Å²) in [6.45, 7) is 5.38. The van der Waals surface area contributed by atoms with Crippen molar-refractivity contribution >= 4 is 11.8 Å². The molecule has 22 heavy (non-hydrogen) atoms. The number of nitrogens with zero attached hydrogens (tertiary/aromatic N) is 2. The van der Waals surface area contributed by atoms with Crippen LogP contribution in [0.5, 0.6) is 0 Å². The highest BCUT2D eigenvalue weighted by molar-refractivity contribution is 5.79. The summed E-state index contributed by atoms with van der Waals surface area (Å²) >= 11 is 0. The third kappa shape index (κ3) is 4.93. The summed E-state index contributed by atoms with van der Waals surface area (Å²) in [4.78, 5) is 27.3. The van der Waals surface area contributed by atoms with Gasteiger partial charge in [0.15, 0.2) is 0 Å². The third-order valence-corrected chi connectivity index (χ3v) is 4.45. The lowest BCUT2D eigenvalue weighted by Crippen LogP contribution is -2.51. The fraction of sp³-hybridized carbons (Fsp3) is 0.867. The molecule has 0 bridgehead atoms. The van der Waals surface area contributed by atoms with E-state index in [1.807, 2.05) is 0 Å². The molecular weight excluding hydrogens is 286 g/mol. The molecular formula is C15H27N3O4. The SMILES string of the molecule is CC1CCN(CC(=O)N2CCOC[C@](O)(CC(N)=O)C2)CC1. The molecule has 2 aliphatic rings. The van der Waals surface area contributed by atoms with Crippen LogP contribution in [0, 0.1) is 5.92 Å². The molecule has 2 amide bonds. The van der Waals surface area contributed by atoms with Crippen molar-refractivity contribution in [1.82, 2.24) is 9.80 Å². The second kappa shape index (κ2) is 7.39. The standard InChI is InChI=1S/C15H27N3O4/c1-12-2-4-17(5-3-12)9-14(20)18-6-7-22-11-15(21,10-18)8-13(16)19/h12,21H,2-11H2,1H3,(H2,16,19)/t15-/m0/s1. The first-order valence-corrected chi connectivity index (χ1v) is 7.96. The Hall–Kier alpha value is -1.18. The first kappa shape index (κ1) is 17.2. The number of nitrogens with two attached hydrogens (primary N) is 1. The number of amides is 2. The van der Waals surface area contributed by atoms with Gasteiger partial charge in [-0.05, 0) is 31.8 Å². The molecule has 2 rings (SSSR count). The summed E-state index contributed by atoms with van der Waals surface area (Å²) in [7, 11) is 0. The molecule has 2 fully saturated rings. The van der Waals surface area contributed by atoms with Crippen LogP contribution in [0.25, 0.3) is 0 Å². The van der Waals surface area contributed by atoms with Crippen molar-refractivity contribution in [3.63, 3.8) is 0 Å². The average Bonchev–Trinajstić information content (AvgIpc) is 2.62. The fourth-order valence-corrected chi connectivity index (χ4v) is 3.07. The minimum atomic E-state index is -1.38. The molecule has 0 aromatic heterocycles. The first-order valence-electron chi connectivity index (χ1n) is 7.96. The summed E-state index contributed by atoms with van der Waals surface area (Å²) in [5, 5.41) is 10.4. The number of primary amides is 1. The summed E-state index contributed by atoms with van der Waals surface area (Å²) in [5.41, 5.74) is 3.80. The van der Waals surface area contributed by atoms with Gasteiger partial charge in [-0.2, -0.15) is 0 Å². The molecule has 7 nitrogen and oxygen atoms in total. The molecule has 2 heterocycles. The van der Waals surface area contributed by atoms with Gasteiger partial charge in [0.25, 0.3) is 0 Å². The molecule has 0 radical (unpaired) electrons. The zero-order valence-electron chi connectivity index (χ0n) is 13.3.